The van der Waals surface area contributed by atoms with Crippen LogP contribution in [0.3, 0.4) is 0 Å². The molecule has 1 aliphatic heterocycles. The maximum Gasteiger partial charge on any atom is 0.255 e. The molecule has 1 aromatic carbocycles. The van der Waals surface area contributed by atoms with Gasteiger partial charge in [0.1, 0.15) is 17.9 Å². The Balaban J connectivity index is 1.37. The fraction of sp³-hybridized carbons (Fsp3) is 0.227. The minimum absolute atomic E-state index is 0.120. The maximum absolute atomic E-state index is 12.7. The normalized spacial score (nSPS) is 13.9. The van der Waals surface area contributed by atoms with Crippen LogP contribution in [0.4, 0.5) is 0 Å². The van der Waals surface area contributed by atoms with Crippen molar-refractivity contribution in [3.8, 4) is 22.8 Å². The Hall–Kier alpha value is -3.65. The van der Waals surface area contributed by atoms with Gasteiger partial charge in [-0.3, -0.25) is 9.69 Å². The molecule has 30 heavy (non-hydrogen) atoms. The molecule has 4 aromatic rings. The first-order valence-electron chi connectivity index (χ1n) is 9.79. The molecule has 0 saturated carbocycles. The summed E-state index contributed by atoms with van der Waals surface area (Å²) in [7, 11) is 0. The number of hydrogen-bond donors (Lipinski definition) is 1. The second-order valence-corrected chi connectivity index (χ2v) is 7.32. The Kier molecular flexibility index (Phi) is 4.68. The number of benzene rings is 1. The van der Waals surface area contributed by atoms with Gasteiger partial charge in [-0.1, -0.05) is 18.2 Å². The van der Waals surface area contributed by atoms with Crippen LogP contribution in [0.15, 0.2) is 58.3 Å². The molecular formula is C22H20N6O2. The lowest BCUT2D eigenvalue weighted by atomic mass is 10.1. The zero-order chi connectivity index (χ0) is 20.5. The van der Waals surface area contributed by atoms with E-state index in [0.29, 0.717) is 42.4 Å². The zero-order valence-electron chi connectivity index (χ0n) is 16.5. The van der Waals surface area contributed by atoms with Crippen molar-refractivity contribution in [3.05, 3.63) is 82.1 Å². The summed E-state index contributed by atoms with van der Waals surface area (Å²) in [5, 5.41) is 0. The van der Waals surface area contributed by atoms with Crippen molar-refractivity contribution in [3.63, 3.8) is 0 Å². The molecule has 0 unspecified atom stereocenters. The largest absolute Gasteiger partial charge is 0.441 e. The van der Waals surface area contributed by atoms with E-state index >= 15 is 0 Å². The Morgan fingerprint density at radius 3 is 2.70 bits per heavy atom. The average Bonchev–Trinajstić information content (AvgIpc) is 3.15. The highest BCUT2D eigenvalue weighted by molar-refractivity contribution is 5.53. The Labute approximate surface area is 172 Å². The molecule has 8 nitrogen and oxygen atoms in total. The number of aromatic nitrogens is 5. The van der Waals surface area contributed by atoms with Crippen molar-refractivity contribution in [1.29, 1.82) is 0 Å². The third-order valence-electron chi connectivity index (χ3n) is 5.27. The van der Waals surface area contributed by atoms with Crippen LogP contribution in [-0.4, -0.2) is 36.4 Å². The summed E-state index contributed by atoms with van der Waals surface area (Å²) in [6.45, 7) is 3.86. The molecule has 0 aliphatic carbocycles. The van der Waals surface area contributed by atoms with Gasteiger partial charge in [-0.2, -0.15) is 0 Å². The summed E-state index contributed by atoms with van der Waals surface area (Å²) in [5.74, 6) is 1.92. The molecule has 4 heterocycles. The quantitative estimate of drug-likeness (QED) is 0.562. The van der Waals surface area contributed by atoms with Crippen LogP contribution in [0, 0.1) is 6.92 Å². The first kappa shape index (κ1) is 18.4. The summed E-state index contributed by atoms with van der Waals surface area (Å²) in [6.07, 6.45) is 5.43. The molecule has 0 fully saturated rings. The zero-order valence-corrected chi connectivity index (χ0v) is 16.5. The van der Waals surface area contributed by atoms with E-state index in [2.05, 4.69) is 29.8 Å². The second kappa shape index (κ2) is 7.64. The number of aromatic amines is 1. The van der Waals surface area contributed by atoms with E-state index in [-0.39, 0.29) is 5.56 Å². The fourth-order valence-corrected chi connectivity index (χ4v) is 3.66. The van der Waals surface area contributed by atoms with Gasteiger partial charge in [-0.25, -0.2) is 19.9 Å². The molecule has 0 atom stereocenters. The minimum Gasteiger partial charge on any atom is -0.441 e. The molecule has 1 aliphatic rings. The fourth-order valence-electron chi connectivity index (χ4n) is 3.66. The monoisotopic (exact) mass is 400 g/mol. The van der Waals surface area contributed by atoms with Crippen molar-refractivity contribution in [2.45, 2.75) is 26.4 Å². The predicted octanol–water partition coefficient (Wildman–Crippen LogP) is 2.75. The maximum atomic E-state index is 12.7. The summed E-state index contributed by atoms with van der Waals surface area (Å²) in [4.78, 5) is 35.1. The lowest BCUT2D eigenvalue weighted by Gasteiger charge is -2.27. The molecule has 0 bridgehead atoms. The van der Waals surface area contributed by atoms with Gasteiger partial charge >= 0.3 is 0 Å². The van der Waals surface area contributed by atoms with E-state index in [1.165, 1.54) is 6.33 Å². The molecule has 8 heteroatoms. The molecule has 5 rings (SSSR count). The van der Waals surface area contributed by atoms with Gasteiger partial charge in [0.25, 0.3) is 5.56 Å². The Bertz CT molecular complexity index is 1230. The number of hydrogen-bond acceptors (Lipinski definition) is 7. The van der Waals surface area contributed by atoms with Crippen LogP contribution in [0.1, 0.15) is 22.7 Å². The molecule has 0 saturated heterocycles. The highest BCUT2D eigenvalue weighted by Crippen LogP contribution is 2.24. The third kappa shape index (κ3) is 3.53. The lowest BCUT2D eigenvalue weighted by molar-refractivity contribution is 0.238. The number of nitrogens with zero attached hydrogens (tertiary/aromatic N) is 5. The van der Waals surface area contributed by atoms with Crippen LogP contribution < -0.4 is 5.56 Å². The van der Waals surface area contributed by atoms with Crippen LogP contribution in [-0.2, 0) is 19.5 Å². The van der Waals surface area contributed by atoms with Crippen molar-refractivity contribution >= 4 is 0 Å². The second-order valence-electron chi connectivity index (χ2n) is 7.32. The molecule has 0 amide bonds. The Morgan fingerprint density at radius 1 is 1.10 bits per heavy atom. The van der Waals surface area contributed by atoms with Crippen LogP contribution in [0.2, 0.25) is 0 Å². The Morgan fingerprint density at radius 2 is 1.90 bits per heavy atom. The predicted molar refractivity (Wildman–Crippen MR) is 110 cm³/mol. The van der Waals surface area contributed by atoms with E-state index in [9.17, 15) is 4.79 Å². The number of H-pyrrole nitrogens is 1. The van der Waals surface area contributed by atoms with Gasteiger partial charge in [-0.15, -0.1) is 0 Å². The average molecular weight is 400 g/mol. The summed E-state index contributed by atoms with van der Waals surface area (Å²) in [6, 6.07) is 9.85. The smallest absolute Gasteiger partial charge is 0.255 e. The van der Waals surface area contributed by atoms with Crippen LogP contribution >= 0.6 is 0 Å². The number of nitrogens with one attached hydrogen (secondary N) is 1. The van der Waals surface area contributed by atoms with Gasteiger partial charge in [0.05, 0.1) is 22.5 Å². The number of aryl methyl sites for hydroxylation is 1. The van der Waals surface area contributed by atoms with Crippen molar-refractivity contribution < 1.29 is 4.42 Å². The molecule has 0 spiro atoms. The highest BCUT2D eigenvalue weighted by Gasteiger charge is 2.23. The lowest BCUT2D eigenvalue weighted by Crippen LogP contribution is -2.35. The molecule has 1 N–H and O–H groups in total. The minimum atomic E-state index is -0.120. The topological polar surface area (TPSA) is 101 Å². The molecule has 150 valence electrons. The standard InChI is InChI=1S/C22H20N6O2/c1-14-19(26-22(30-14)15-5-3-2-4-6-15)12-28-8-7-18-17(11-28)21(29)27-20(25-18)16-9-23-13-24-10-16/h2-6,9-10,13H,7-8,11-12H2,1H3,(H,25,27,29). The van der Waals surface area contributed by atoms with Crippen LogP contribution in [0.5, 0.6) is 0 Å². The molecule has 0 radical (unpaired) electrons. The van der Waals surface area contributed by atoms with Crippen LogP contribution in [0.25, 0.3) is 22.8 Å². The van der Waals surface area contributed by atoms with Gasteiger partial charge in [0.2, 0.25) is 5.89 Å². The van der Waals surface area contributed by atoms with Gasteiger partial charge < -0.3 is 9.40 Å². The van der Waals surface area contributed by atoms with Crippen molar-refractivity contribution in [2.75, 3.05) is 6.54 Å². The molecular weight excluding hydrogens is 380 g/mol. The van der Waals surface area contributed by atoms with E-state index in [0.717, 1.165) is 29.3 Å². The van der Waals surface area contributed by atoms with Gasteiger partial charge in [0.15, 0.2) is 0 Å². The highest BCUT2D eigenvalue weighted by atomic mass is 16.4. The van der Waals surface area contributed by atoms with Gasteiger partial charge in [0, 0.05) is 44.0 Å². The third-order valence-corrected chi connectivity index (χ3v) is 5.27. The van der Waals surface area contributed by atoms with Crippen molar-refractivity contribution in [2.24, 2.45) is 0 Å². The summed E-state index contributed by atoms with van der Waals surface area (Å²) < 4.78 is 5.87. The molecule has 3 aromatic heterocycles. The summed E-state index contributed by atoms with van der Waals surface area (Å²) in [5.41, 5.74) is 3.95. The van der Waals surface area contributed by atoms with Gasteiger partial charge in [-0.05, 0) is 19.1 Å². The first-order chi connectivity index (χ1) is 14.7. The van der Waals surface area contributed by atoms with E-state index in [4.69, 9.17) is 4.42 Å². The first-order valence-corrected chi connectivity index (χ1v) is 9.79. The number of oxazole rings is 1. The SMILES string of the molecule is Cc1oc(-c2ccccc2)nc1CN1CCc2nc(-c3cncnc3)[nH]c(=O)c2C1. The van der Waals surface area contributed by atoms with E-state index in [1.54, 1.807) is 12.4 Å². The number of fused-ring (bicyclic) bond motifs is 1. The van der Waals surface area contributed by atoms with Crippen molar-refractivity contribution in [1.82, 2.24) is 29.8 Å². The van der Waals surface area contributed by atoms with E-state index < -0.39 is 0 Å². The van der Waals surface area contributed by atoms with E-state index in [1.807, 2.05) is 37.3 Å². The number of rotatable bonds is 4. The summed E-state index contributed by atoms with van der Waals surface area (Å²) >= 11 is 0.